The summed E-state index contributed by atoms with van der Waals surface area (Å²) < 4.78 is 0. The largest absolute Gasteiger partial charge is 0.508 e. The minimum atomic E-state index is -0.352. The van der Waals surface area contributed by atoms with Crippen LogP contribution >= 0.6 is 0 Å². The quantitative estimate of drug-likeness (QED) is 0.229. The van der Waals surface area contributed by atoms with E-state index in [9.17, 15) is 14.7 Å². The lowest BCUT2D eigenvalue weighted by atomic mass is 9.88. The predicted octanol–water partition coefficient (Wildman–Crippen LogP) is 7.38. The van der Waals surface area contributed by atoms with Crippen LogP contribution < -0.4 is 15.8 Å². The molecule has 38 heavy (non-hydrogen) atoms. The summed E-state index contributed by atoms with van der Waals surface area (Å²) in [4.78, 5) is 35.5. The highest BCUT2D eigenvalue weighted by Gasteiger charge is 2.24. The third kappa shape index (κ3) is 5.72. The monoisotopic (exact) mass is 512 g/mol. The summed E-state index contributed by atoms with van der Waals surface area (Å²) in [5.41, 5.74) is 5.08. The number of phenols is 1. The second kappa shape index (κ2) is 11.5. The lowest BCUT2D eigenvalue weighted by molar-refractivity contribution is 0.256. The Morgan fingerprint density at radius 2 is 1.71 bits per heavy atom. The minimum Gasteiger partial charge on any atom is -0.508 e. The Bertz CT molecular complexity index is 1480. The molecule has 7 nitrogen and oxygen atoms in total. The molecule has 0 unspecified atom stereocenters. The fourth-order valence-corrected chi connectivity index (χ4v) is 4.64. The van der Waals surface area contributed by atoms with Crippen molar-refractivity contribution >= 4 is 28.4 Å². The van der Waals surface area contributed by atoms with E-state index < -0.39 is 0 Å². The van der Waals surface area contributed by atoms with E-state index in [1.807, 2.05) is 18.2 Å². The number of hydrogen-bond donors (Lipinski definition) is 3. The Morgan fingerprint density at radius 3 is 2.34 bits per heavy atom. The van der Waals surface area contributed by atoms with E-state index in [1.165, 1.54) is 4.90 Å². The standard InChI is InChI=1S/C31H36N4O3/c1-6-7-14-35(27-18-22-11-9-13-32-29(22)34-30(27)37)31(38)33-28-25(19(2)3)16-23(17-26(28)20(4)5)21-10-8-12-24(36)15-21/h8-13,15-20,36H,6-7,14H2,1-5H3,(H,33,38)(H,32,34,37). The molecule has 0 radical (unpaired) electrons. The average molecular weight is 513 g/mol. The molecule has 3 N–H and O–H groups in total. The molecule has 0 saturated heterocycles. The molecule has 0 fully saturated rings. The summed E-state index contributed by atoms with van der Waals surface area (Å²) in [6, 6.07) is 16.4. The number of carbonyl (C=O) groups is 1. The summed E-state index contributed by atoms with van der Waals surface area (Å²) in [5.74, 6) is 0.457. The Morgan fingerprint density at radius 1 is 1.00 bits per heavy atom. The lowest BCUT2D eigenvalue weighted by Gasteiger charge is -2.27. The van der Waals surface area contributed by atoms with Gasteiger partial charge in [-0.1, -0.05) is 53.2 Å². The number of hydrogen-bond acceptors (Lipinski definition) is 4. The number of benzene rings is 2. The molecular formula is C31H36N4O3. The molecule has 0 aliphatic rings. The molecule has 2 amide bonds. The van der Waals surface area contributed by atoms with E-state index in [1.54, 1.807) is 30.5 Å². The van der Waals surface area contributed by atoms with Crippen molar-refractivity contribution in [2.75, 3.05) is 16.8 Å². The lowest BCUT2D eigenvalue weighted by Crippen LogP contribution is -2.39. The molecule has 0 saturated carbocycles. The zero-order chi connectivity index (χ0) is 27.4. The Balaban J connectivity index is 1.80. The van der Waals surface area contributed by atoms with Crippen LogP contribution in [0.5, 0.6) is 5.75 Å². The van der Waals surface area contributed by atoms with Crippen LogP contribution in [-0.2, 0) is 0 Å². The topological polar surface area (TPSA) is 98.3 Å². The maximum Gasteiger partial charge on any atom is 0.326 e. The van der Waals surface area contributed by atoms with Gasteiger partial charge in [-0.3, -0.25) is 9.69 Å². The zero-order valence-corrected chi connectivity index (χ0v) is 22.7. The first-order chi connectivity index (χ1) is 18.2. The van der Waals surface area contributed by atoms with Gasteiger partial charge in [0.25, 0.3) is 5.56 Å². The van der Waals surface area contributed by atoms with Crippen molar-refractivity contribution in [3.63, 3.8) is 0 Å². The number of carbonyl (C=O) groups excluding carboxylic acids is 1. The number of nitrogens with zero attached hydrogens (tertiary/aromatic N) is 2. The molecule has 4 aromatic rings. The number of pyridine rings is 2. The molecule has 7 heteroatoms. The van der Waals surface area contributed by atoms with Gasteiger partial charge in [0.05, 0.1) is 0 Å². The maximum absolute atomic E-state index is 13.9. The fourth-order valence-electron chi connectivity index (χ4n) is 4.64. The molecule has 0 bridgehead atoms. The highest BCUT2D eigenvalue weighted by molar-refractivity contribution is 6.03. The molecule has 2 aromatic carbocycles. The number of nitrogens with one attached hydrogen (secondary N) is 2. The van der Waals surface area contributed by atoms with Crippen molar-refractivity contribution < 1.29 is 9.90 Å². The van der Waals surface area contributed by atoms with Crippen LogP contribution in [0, 0.1) is 0 Å². The van der Waals surface area contributed by atoms with Gasteiger partial charge >= 0.3 is 6.03 Å². The van der Waals surface area contributed by atoms with E-state index in [0.717, 1.165) is 46.2 Å². The van der Waals surface area contributed by atoms with Crippen LogP contribution in [0.1, 0.15) is 70.4 Å². The minimum absolute atomic E-state index is 0.124. The number of rotatable bonds is 8. The van der Waals surface area contributed by atoms with Gasteiger partial charge in [-0.05, 0) is 83.0 Å². The van der Waals surface area contributed by atoms with Crippen LogP contribution in [0.25, 0.3) is 22.2 Å². The van der Waals surface area contributed by atoms with Gasteiger partial charge in [-0.2, -0.15) is 0 Å². The van der Waals surface area contributed by atoms with E-state index in [0.29, 0.717) is 17.9 Å². The Hall–Kier alpha value is -4.13. The SMILES string of the molecule is CCCCN(C(=O)Nc1c(C(C)C)cc(-c2cccc(O)c2)cc1C(C)C)c1cc2cccnc2[nH]c1=O. The molecule has 0 atom stereocenters. The van der Waals surface area contributed by atoms with Crippen molar-refractivity contribution in [1.82, 2.24) is 9.97 Å². The first-order valence-electron chi connectivity index (χ1n) is 13.2. The summed E-state index contributed by atoms with van der Waals surface area (Å²) >= 11 is 0. The number of amides is 2. The van der Waals surface area contributed by atoms with Crippen LogP contribution in [0.2, 0.25) is 0 Å². The zero-order valence-electron chi connectivity index (χ0n) is 22.7. The summed E-state index contributed by atoms with van der Waals surface area (Å²) in [6.45, 7) is 10.8. The number of aromatic amines is 1. The number of anilines is 2. The number of aromatic hydroxyl groups is 1. The van der Waals surface area contributed by atoms with Gasteiger partial charge < -0.3 is 15.4 Å². The van der Waals surface area contributed by atoms with E-state index >= 15 is 0 Å². The second-order valence-electron chi connectivity index (χ2n) is 10.2. The third-order valence-electron chi connectivity index (χ3n) is 6.72. The van der Waals surface area contributed by atoms with Crippen molar-refractivity contribution in [1.29, 1.82) is 0 Å². The molecule has 0 spiro atoms. The third-order valence-corrected chi connectivity index (χ3v) is 6.72. The second-order valence-corrected chi connectivity index (χ2v) is 10.2. The summed E-state index contributed by atoms with van der Waals surface area (Å²) in [7, 11) is 0. The van der Waals surface area contributed by atoms with Gasteiger partial charge in [0.2, 0.25) is 0 Å². The normalized spacial score (nSPS) is 11.3. The molecule has 4 rings (SSSR count). The van der Waals surface area contributed by atoms with Crippen LogP contribution in [0.15, 0.2) is 65.6 Å². The number of H-pyrrole nitrogens is 1. The van der Waals surface area contributed by atoms with Crippen molar-refractivity contribution in [2.45, 2.75) is 59.3 Å². The molecule has 0 aliphatic heterocycles. The van der Waals surface area contributed by atoms with Crippen LogP contribution in [0.4, 0.5) is 16.2 Å². The number of unbranched alkanes of at least 4 members (excludes halogenated alkanes) is 1. The van der Waals surface area contributed by atoms with Crippen LogP contribution in [0.3, 0.4) is 0 Å². The average Bonchev–Trinajstić information content (AvgIpc) is 2.88. The highest BCUT2D eigenvalue weighted by Crippen LogP contribution is 2.38. The van der Waals surface area contributed by atoms with Crippen molar-refractivity contribution in [2.24, 2.45) is 0 Å². The van der Waals surface area contributed by atoms with Gasteiger partial charge in [0, 0.05) is 23.8 Å². The van der Waals surface area contributed by atoms with Gasteiger partial charge in [0.1, 0.15) is 17.1 Å². The number of urea groups is 1. The number of fused-ring (bicyclic) bond motifs is 1. The van der Waals surface area contributed by atoms with E-state index in [2.05, 4.69) is 62.0 Å². The smallest absolute Gasteiger partial charge is 0.326 e. The van der Waals surface area contributed by atoms with Gasteiger partial charge in [-0.15, -0.1) is 0 Å². The first-order valence-corrected chi connectivity index (χ1v) is 13.2. The van der Waals surface area contributed by atoms with E-state index in [4.69, 9.17) is 0 Å². The molecule has 2 aromatic heterocycles. The maximum atomic E-state index is 13.9. The fraction of sp³-hybridized carbons (Fsp3) is 0.323. The Kier molecular flexibility index (Phi) is 8.15. The number of aromatic nitrogens is 2. The highest BCUT2D eigenvalue weighted by atomic mass is 16.3. The molecule has 0 aliphatic carbocycles. The predicted molar refractivity (Wildman–Crippen MR) is 155 cm³/mol. The molecule has 2 heterocycles. The van der Waals surface area contributed by atoms with E-state index in [-0.39, 0.29) is 29.2 Å². The van der Waals surface area contributed by atoms with Gasteiger partial charge in [0.15, 0.2) is 0 Å². The molecule has 198 valence electrons. The molecular weight excluding hydrogens is 476 g/mol. The summed E-state index contributed by atoms with van der Waals surface area (Å²) in [6.07, 6.45) is 3.26. The van der Waals surface area contributed by atoms with Gasteiger partial charge in [-0.25, -0.2) is 9.78 Å². The Labute approximate surface area is 223 Å². The van der Waals surface area contributed by atoms with Crippen LogP contribution in [-0.4, -0.2) is 27.7 Å². The van der Waals surface area contributed by atoms with Crippen molar-refractivity contribution in [3.8, 4) is 16.9 Å². The first kappa shape index (κ1) is 26.9. The van der Waals surface area contributed by atoms with Crippen molar-refractivity contribution in [3.05, 3.63) is 82.3 Å². The number of phenolic OH excluding ortho intramolecular Hbond substituents is 1. The summed E-state index contributed by atoms with van der Waals surface area (Å²) in [5, 5.41) is 14.0.